The van der Waals surface area contributed by atoms with Gasteiger partial charge in [-0.25, -0.2) is 4.79 Å². The van der Waals surface area contributed by atoms with Gasteiger partial charge in [-0.2, -0.15) is 0 Å². The van der Waals surface area contributed by atoms with Crippen molar-refractivity contribution < 1.29 is 14.3 Å². The van der Waals surface area contributed by atoms with Crippen molar-refractivity contribution in [3.8, 4) is 0 Å². The van der Waals surface area contributed by atoms with E-state index in [1.165, 1.54) is 0 Å². The number of carbonyl (C=O) groups is 1. The number of esters is 1. The van der Waals surface area contributed by atoms with E-state index >= 15 is 0 Å². The van der Waals surface area contributed by atoms with Crippen LogP contribution in [0.3, 0.4) is 0 Å². The minimum absolute atomic E-state index is 0.139. The van der Waals surface area contributed by atoms with Crippen LogP contribution in [-0.4, -0.2) is 30.8 Å². The van der Waals surface area contributed by atoms with Crippen LogP contribution in [0, 0.1) is 0 Å². The molecule has 0 aromatic heterocycles. The van der Waals surface area contributed by atoms with Gasteiger partial charge in [0.05, 0.1) is 12.7 Å². The van der Waals surface area contributed by atoms with Crippen molar-refractivity contribution in [2.75, 3.05) is 13.2 Å². The van der Waals surface area contributed by atoms with E-state index in [9.17, 15) is 4.79 Å². The molecule has 0 aliphatic heterocycles. The summed E-state index contributed by atoms with van der Waals surface area (Å²) >= 11 is 0. The van der Waals surface area contributed by atoms with E-state index in [1.54, 1.807) is 20.8 Å². The van der Waals surface area contributed by atoms with Gasteiger partial charge in [0.2, 0.25) is 0 Å². The monoisotopic (exact) mass is 189 g/mol. The van der Waals surface area contributed by atoms with Crippen molar-refractivity contribution >= 4 is 5.97 Å². The van der Waals surface area contributed by atoms with Crippen LogP contribution in [0.4, 0.5) is 0 Å². The Hall–Kier alpha value is -0.610. The molecule has 0 bridgehead atoms. The van der Waals surface area contributed by atoms with E-state index < -0.39 is 5.60 Å². The molecule has 0 heterocycles. The van der Waals surface area contributed by atoms with Crippen molar-refractivity contribution in [3.05, 3.63) is 0 Å². The molecule has 4 heteroatoms. The summed E-state index contributed by atoms with van der Waals surface area (Å²) in [5.41, 5.74) is 4.47. The first-order chi connectivity index (χ1) is 5.94. The summed E-state index contributed by atoms with van der Waals surface area (Å²) in [6, 6.07) is 0. The van der Waals surface area contributed by atoms with Gasteiger partial charge >= 0.3 is 5.97 Å². The molecule has 0 aliphatic carbocycles. The SMILES string of the molecule is CCOC(=O)C(C)(C)OC(C)CN. The lowest BCUT2D eigenvalue weighted by molar-refractivity contribution is -0.172. The van der Waals surface area contributed by atoms with Crippen LogP contribution < -0.4 is 5.73 Å². The molecule has 4 nitrogen and oxygen atoms in total. The van der Waals surface area contributed by atoms with Gasteiger partial charge < -0.3 is 15.2 Å². The van der Waals surface area contributed by atoms with Crippen molar-refractivity contribution in [2.24, 2.45) is 5.73 Å². The molecule has 0 aromatic rings. The molecule has 0 saturated heterocycles. The molecule has 2 N–H and O–H groups in total. The van der Waals surface area contributed by atoms with Gasteiger partial charge in [0.15, 0.2) is 5.60 Å². The summed E-state index contributed by atoms with van der Waals surface area (Å²) in [7, 11) is 0. The zero-order valence-corrected chi connectivity index (χ0v) is 8.79. The highest BCUT2D eigenvalue weighted by atomic mass is 16.6. The third-order valence-corrected chi connectivity index (χ3v) is 1.59. The third kappa shape index (κ3) is 4.24. The average Bonchev–Trinajstić information content (AvgIpc) is 2.04. The second-order valence-corrected chi connectivity index (χ2v) is 3.39. The number of hydrogen-bond donors (Lipinski definition) is 1. The topological polar surface area (TPSA) is 61.5 Å². The largest absolute Gasteiger partial charge is 0.464 e. The summed E-state index contributed by atoms with van der Waals surface area (Å²) in [6.07, 6.45) is -0.139. The van der Waals surface area contributed by atoms with E-state index in [4.69, 9.17) is 15.2 Å². The molecule has 0 fully saturated rings. The van der Waals surface area contributed by atoms with E-state index in [0.29, 0.717) is 13.2 Å². The Morgan fingerprint density at radius 1 is 1.54 bits per heavy atom. The molecule has 0 aliphatic rings. The molecule has 78 valence electrons. The fourth-order valence-electron chi connectivity index (χ4n) is 0.904. The lowest BCUT2D eigenvalue weighted by Gasteiger charge is -2.26. The molecule has 0 aromatic carbocycles. The van der Waals surface area contributed by atoms with Crippen LogP contribution in [0.2, 0.25) is 0 Å². The lowest BCUT2D eigenvalue weighted by atomic mass is 10.1. The fourth-order valence-corrected chi connectivity index (χ4v) is 0.904. The van der Waals surface area contributed by atoms with Crippen LogP contribution in [-0.2, 0) is 14.3 Å². The molecular formula is C9H19NO3. The Balaban J connectivity index is 4.13. The number of nitrogens with two attached hydrogens (primary N) is 1. The highest BCUT2D eigenvalue weighted by Gasteiger charge is 2.31. The Morgan fingerprint density at radius 3 is 2.46 bits per heavy atom. The maximum absolute atomic E-state index is 11.3. The number of carbonyl (C=O) groups excluding carboxylic acids is 1. The summed E-state index contributed by atoms with van der Waals surface area (Å²) in [5, 5.41) is 0. The third-order valence-electron chi connectivity index (χ3n) is 1.59. The number of rotatable bonds is 5. The zero-order chi connectivity index (χ0) is 10.5. The molecule has 1 atom stereocenters. The number of hydrogen-bond acceptors (Lipinski definition) is 4. The minimum Gasteiger partial charge on any atom is -0.464 e. The van der Waals surface area contributed by atoms with Gasteiger partial charge in [-0.1, -0.05) is 0 Å². The minimum atomic E-state index is -0.908. The van der Waals surface area contributed by atoms with E-state index in [-0.39, 0.29) is 12.1 Å². The second kappa shape index (κ2) is 5.19. The molecule has 0 amide bonds. The summed E-state index contributed by atoms with van der Waals surface area (Å²) in [4.78, 5) is 11.3. The average molecular weight is 189 g/mol. The standard InChI is InChI=1S/C9H19NO3/c1-5-12-8(11)9(3,4)13-7(2)6-10/h7H,5-6,10H2,1-4H3. The number of ether oxygens (including phenoxy) is 2. The van der Waals surface area contributed by atoms with E-state index in [0.717, 1.165) is 0 Å². The normalized spacial score (nSPS) is 13.9. The van der Waals surface area contributed by atoms with Gasteiger partial charge in [0.25, 0.3) is 0 Å². The van der Waals surface area contributed by atoms with Crippen molar-refractivity contribution in [3.63, 3.8) is 0 Å². The zero-order valence-electron chi connectivity index (χ0n) is 8.79. The van der Waals surface area contributed by atoms with E-state index in [1.807, 2.05) is 6.92 Å². The van der Waals surface area contributed by atoms with Gasteiger partial charge in [-0.15, -0.1) is 0 Å². The van der Waals surface area contributed by atoms with Crippen LogP contribution in [0.15, 0.2) is 0 Å². The maximum Gasteiger partial charge on any atom is 0.337 e. The van der Waals surface area contributed by atoms with Crippen LogP contribution in [0.1, 0.15) is 27.7 Å². The maximum atomic E-state index is 11.3. The van der Waals surface area contributed by atoms with Crippen LogP contribution in [0.5, 0.6) is 0 Å². The Kier molecular flexibility index (Phi) is 4.95. The Labute approximate surface area is 79.4 Å². The summed E-state index contributed by atoms with van der Waals surface area (Å²) in [6.45, 7) is 7.70. The molecule has 13 heavy (non-hydrogen) atoms. The predicted octanol–water partition coefficient (Wildman–Crippen LogP) is 0.692. The fraction of sp³-hybridized carbons (Fsp3) is 0.889. The first kappa shape index (κ1) is 12.4. The van der Waals surface area contributed by atoms with E-state index in [2.05, 4.69) is 0 Å². The molecule has 0 saturated carbocycles. The Morgan fingerprint density at radius 2 is 2.08 bits per heavy atom. The van der Waals surface area contributed by atoms with Gasteiger partial charge in [0, 0.05) is 6.54 Å². The first-order valence-corrected chi connectivity index (χ1v) is 4.49. The van der Waals surface area contributed by atoms with Gasteiger partial charge in [0.1, 0.15) is 0 Å². The first-order valence-electron chi connectivity index (χ1n) is 4.49. The van der Waals surface area contributed by atoms with Crippen LogP contribution >= 0.6 is 0 Å². The molecule has 0 spiro atoms. The highest BCUT2D eigenvalue weighted by Crippen LogP contribution is 2.13. The van der Waals surface area contributed by atoms with Crippen molar-refractivity contribution in [2.45, 2.75) is 39.4 Å². The quantitative estimate of drug-likeness (QED) is 0.646. The highest BCUT2D eigenvalue weighted by molar-refractivity contribution is 5.78. The smallest absolute Gasteiger partial charge is 0.337 e. The van der Waals surface area contributed by atoms with Crippen LogP contribution in [0.25, 0.3) is 0 Å². The molecule has 1 unspecified atom stereocenters. The summed E-state index contributed by atoms with van der Waals surface area (Å²) < 4.78 is 10.2. The molecular weight excluding hydrogens is 170 g/mol. The molecule has 0 radical (unpaired) electrons. The lowest BCUT2D eigenvalue weighted by Crippen LogP contribution is -2.41. The second-order valence-electron chi connectivity index (χ2n) is 3.39. The predicted molar refractivity (Wildman–Crippen MR) is 50.3 cm³/mol. The summed E-state index contributed by atoms with van der Waals surface area (Å²) in [5.74, 6) is -0.352. The Bertz CT molecular complexity index is 168. The van der Waals surface area contributed by atoms with Crippen molar-refractivity contribution in [1.29, 1.82) is 0 Å². The van der Waals surface area contributed by atoms with Gasteiger partial charge in [-0.05, 0) is 27.7 Å². The molecule has 0 rings (SSSR count). The van der Waals surface area contributed by atoms with Crippen molar-refractivity contribution in [1.82, 2.24) is 0 Å². The van der Waals surface area contributed by atoms with Gasteiger partial charge in [-0.3, -0.25) is 0 Å².